The molecular formula is C24H43NO4. The number of hydrogen-bond donors (Lipinski definition) is 2. The van der Waals surface area contributed by atoms with Crippen molar-refractivity contribution in [3.8, 4) is 0 Å². The van der Waals surface area contributed by atoms with Gasteiger partial charge in [-0.25, -0.2) is 4.79 Å². The number of nitrogens with one attached hydrogen (secondary N) is 1. The zero-order chi connectivity index (χ0) is 21.7. The van der Waals surface area contributed by atoms with E-state index in [-0.39, 0.29) is 6.42 Å². The van der Waals surface area contributed by atoms with Gasteiger partial charge in [0.05, 0.1) is 0 Å². The van der Waals surface area contributed by atoms with E-state index in [4.69, 9.17) is 5.11 Å². The number of aliphatic carboxylic acids is 1. The van der Waals surface area contributed by atoms with Crippen LogP contribution in [-0.4, -0.2) is 28.8 Å². The molecule has 0 aromatic heterocycles. The fraction of sp³-hybridized carbons (Fsp3) is 0.792. The molecule has 0 bridgehead atoms. The largest absolute Gasteiger partial charge is 0.478 e. The summed E-state index contributed by atoms with van der Waals surface area (Å²) in [6.07, 6.45) is 19.9. The van der Waals surface area contributed by atoms with Gasteiger partial charge in [0, 0.05) is 18.5 Å². The molecule has 0 aromatic rings. The number of carbonyl (C=O) groups excluding carboxylic acids is 2. The van der Waals surface area contributed by atoms with Crippen LogP contribution >= 0.6 is 0 Å². The van der Waals surface area contributed by atoms with Crippen molar-refractivity contribution in [1.82, 2.24) is 5.32 Å². The van der Waals surface area contributed by atoms with Crippen LogP contribution in [0.25, 0.3) is 0 Å². The van der Waals surface area contributed by atoms with E-state index >= 15 is 0 Å². The standard InChI is InChI=1S/C24H43NO4/c1-3-5-7-8-9-10-11-12-13-14-15-16-18-22(26)24(29)25-21(17-6-4-2)19-20-23(27)28/h19-21H,3-18H2,1-2H3,(H,25,29)(H,27,28)/b20-19+. The Kier molecular flexibility index (Phi) is 18.5. The van der Waals surface area contributed by atoms with Crippen LogP contribution in [0.15, 0.2) is 12.2 Å². The zero-order valence-corrected chi connectivity index (χ0v) is 18.7. The van der Waals surface area contributed by atoms with Crippen LogP contribution in [0.5, 0.6) is 0 Å². The van der Waals surface area contributed by atoms with Gasteiger partial charge in [-0.2, -0.15) is 0 Å². The minimum atomic E-state index is -1.05. The van der Waals surface area contributed by atoms with Gasteiger partial charge in [0.25, 0.3) is 5.91 Å². The maximum Gasteiger partial charge on any atom is 0.328 e. The van der Waals surface area contributed by atoms with Crippen molar-refractivity contribution >= 4 is 17.7 Å². The Morgan fingerprint density at radius 1 is 0.759 bits per heavy atom. The minimum absolute atomic E-state index is 0.270. The first-order valence-electron chi connectivity index (χ1n) is 11.8. The first kappa shape index (κ1) is 27.4. The van der Waals surface area contributed by atoms with Gasteiger partial charge in [-0.05, 0) is 12.8 Å². The molecule has 29 heavy (non-hydrogen) atoms. The molecule has 0 saturated heterocycles. The highest BCUT2D eigenvalue weighted by atomic mass is 16.4. The van der Waals surface area contributed by atoms with Crippen molar-refractivity contribution < 1.29 is 19.5 Å². The summed E-state index contributed by atoms with van der Waals surface area (Å²) in [7, 11) is 0. The molecule has 0 rings (SSSR count). The van der Waals surface area contributed by atoms with Crippen molar-refractivity contribution in [2.24, 2.45) is 0 Å². The molecule has 0 aliphatic rings. The molecule has 0 heterocycles. The number of Topliss-reactive ketones (excluding diaryl/α,β-unsaturated/α-hetero) is 1. The van der Waals surface area contributed by atoms with Gasteiger partial charge >= 0.3 is 5.97 Å². The predicted octanol–water partition coefficient (Wildman–Crippen LogP) is 5.96. The Labute approximate surface area is 177 Å². The molecule has 1 atom stereocenters. The third-order valence-corrected chi connectivity index (χ3v) is 5.17. The van der Waals surface area contributed by atoms with Gasteiger partial charge in [-0.15, -0.1) is 0 Å². The summed E-state index contributed by atoms with van der Waals surface area (Å²) in [6, 6.07) is -0.399. The van der Waals surface area contributed by atoms with Crippen LogP contribution < -0.4 is 5.32 Å². The van der Waals surface area contributed by atoms with Crippen molar-refractivity contribution in [3.63, 3.8) is 0 Å². The summed E-state index contributed by atoms with van der Waals surface area (Å²) >= 11 is 0. The molecule has 0 saturated carbocycles. The highest BCUT2D eigenvalue weighted by Crippen LogP contribution is 2.12. The maximum absolute atomic E-state index is 12.1. The average molecular weight is 410 g/mol. The highest BCUT2D eigenvalue weighted by Gasteiger charge is 2.16. The Morgan fingerprint density at radius 3 is 1.72 bits per heavy atom. The van der Waals surface area contributed by atoms with E-state index in [1.165, 1.54) is 63.9 Å². The third kappa shape index (κ3) is 18.1. The lowest BCUT2D eigenvalue weighted by Gasteiger charge is -2.14. The van der Waals surface area contributed by atoms with E-state index in [1.54, 1.807) is 0 Å². The predicted molar refractivity (Wildman–Crippen MR) is 119 cm³/mol. The fourth-order valence-corrected chi connectivity index (χ4v) is 3.33. The second-order valence-corrected chi connectivity index (χ2v) is 7.98. The SMILES string of the molecule is CCCCCCCCCCCCCCC(=O)C(=O)NC(/C=C/C(=O)O)CCCC. The molecule has 2 N–H and O–H groups in total. The Hall–Kier alpha value is -1.65. The molecule has 168 valence electrons. The summed E-state index contributed by atoms with van der Waals surface area (Å²) in [5, 5.41) is 11.4. The fourth-order valence-electron chi connectivity index (χ4n) is 3.33. The normalized spacial score (nSPS) is 12.2. The van der Waals surface area contributed by atoms with E-state index in [0.29, 0.717) is 6.42 Å². The summed E-state index contributed by atoms with van der Waals surface area (Å²) < 4.78 is 0. The van der Waals surface area contributed by atoms with Crippen LogP contribution in [0.2, 0.25) is 0 Å². The average Bonchev–Trinajstić information content (AvgIpc) is 2.70. The summed E-state index contributed by atoms with van der Waals surface area (Å²) in [5.74, 6) is -2.05. The van der Waals surface area contributed by atoms with E-state index in [0.717, 1.165) is 38.2 Å². The number of carbonyl (C=O) groups is 3. The minimum Gasteiger partial charge on any atom is -0.478 e. The van der Waals surface area contributed by atoms with E-state index < -0.39 is 23.7 Å². The Balaban J connectivity index is 3.81. The van der Waals surface area contributed by atoms with Crippen molar-refractivity contribution in [3.05, 3.63) is 12.2 Å². The van der Waals surface area contributed by atoms with Crippen LogP contribution in [0.3, 0.4) is 0 Å². The molecule has 0 aliphatic carbocycles. The maximum atomic E-state index is 12.1. The number of rotatable bonds is 20. The summed E-state index contributed by atoms with van der Waals surface area (Å²) in [4.78, 5) is 34.7. The quantitative estimate of drug-likeness (QED) is 0.148. The number of ketones is 1. The van der Waals surface area contributed by atoms with Gasteiger partial charge < -0.3 is 10.4 Å². The molecule has 0 radical (unpaired) electrons. The van der Waals surface area contributed by atoms with Crippen LogP contribution in [0.4, 0.5) is 0 Å². The van der Waals surface area contributed by atoms with Crippen LogP contribution in [-0.2, 0) is 14.4 Å². The van der Waals surface area contributed by atoms with Crippen molar-refractivity contribution in [1.29, 1.82) is 0 Å². The van der Waals surface area contributed by atoms with Crippen molar-refractivity contribution in [2.75, 3.05) is 0 Å². The van der Waals surface area contributed by atoms with Gasteiger partial charge in [0.2, 0.25) is 5.78 Å². The molecule has 0 aromatic carbocycles. The van der Waals surface area contributed by atoms with E-state index in [9.17, 15) is 14.4 Å². The van der Waals surface area contributed by atoms with Gasteiger partial charge in [0.1, 0.15) is 0 Å². The highest BCUT2D eigenvalue weighted by molar-refractivity contribution is 6.36. The lowest BCUT2D eigenvalue weighted by Crippen LogP contribution is -2.38. The molecule has 5 nitrogen and oxygen atoms in total. The van der Waals surface area contributed by atoms with E-state index in [1.807, 2.05) is 6.92 Å². The molecule has 1 amide bonds. The van der Waals surface area contributed by atoms with E-state index in [2.05, 4.69) is 12.2 Å². The van der Waals surface area contributed by atoms with Crippen molar-refractivity contribution in [2.45, 2.75) is 123 Å². The second kappa shape index (κ2) is 19.7. The van der Waals surface area contributed by atoms with Gasteiger partial charge in [-0.1, -0.05) is 103 Å². The molecular weight excluding hydrogens is 366 g/mol. The number of amides is 1. The number of unbranched alkanes of at least 4 members (excludes halogenated alkanes) is 12. The van der Waals surface area contributed by atoms with Gasteiger partial charge in [-0.3, -0.25) is 9.59 Å². The molecule has 0 spiro atoms. The van der Waals surface area contributed by atoms with Crippen LogP contribution in [0.1, 0.15) is 117 Å². The van der Waals surface area contributed by atoms with Gasteiger partial charge in [0.15, 0.2) is 0 Å². The molecule has 1 unspecified atom stereocenters. The molecule has 0 fully saturated rings. The summed E-state index contributed by atoms with van der Waals surface area (Å²) in [5.41, 5.74) is 0. The number of hydrogen-bond acceptors (Lipinski definition) is 3. The zero-order valence-electron chi connectivity index (χ0n) is 18.7. The lowest BCUT2D eigenvalue weighted by atomic mass is 10.0. The number of carboxylic acid groups (broad SMARTS) is 1. The lowest BCUT2D eigenvalue weighted by molar-refractivity contribution is -0.138. The number of carboxylic acids is 1. The second-order valence-electron chi connectivity index (χ2n) is 7.98. The first-order valence-corrected chi connectivity index (χ1v) is 11.8. The Morgan fingerprint density at radius 2 is 1.24 bits per heavy atom. The monoisotopic (exact) mass is 409 g/mol. The first-order chi connectivity index (χ1) is 14.0. The third-order valence-electron chi connectivity index (χ3n) is 5.17. The van der Waals surface area contributed by atoms with Crippen LogP contribution in [0, 0.1) is 0 Å². The topological polar surface area (TPSA) is 83.5 Å². The Bertz CT molecular complexity index is 474. The smallest absolute Gasteiger partial charge is 0.328 e. The molecule has 5 heteroatoms. The summed E-state index contributed by atoms with van der Waals surface area (Å²) in [6.45, 7) is 4.27. The molecule has 0 aliphatic heterocycles.